The first-order chi connectivity index (χ1) is 12.5. The molecule has 1 atom stereocenters. The molecule has 1 aromatic carbocycles. The van der Waals surface area contributed by atoms with Crippen molar-refractivity contribution in [3.8, 4) is 11.3 Å². The molecule has 0 fully saturated rings. The molecule has 0 aliphatic heterocycles. The van der Waals surface area contributed by atoms with Gasteiger partial charge >= 0.3 is 0 Å². The number of aromatic nitrogens is 5. The lowest BCUT2D eigenvalue weighted by molar-refractivity contribution is 0.523. The molecule has 0 radical (unpaired) electrons. The maximum absolute atomic E-state index is 12.6. The Hall–Kier alpha value is -3.15. The SMILES string of the molecule is Cc1c(-c2ccccc2)[nH]n2c(=O)cc([C@@H](C)Cn3nccc3C)nc12. The van der Waals surface area contributed by atoms with Gasteiger partial charge in [-0.15, -0.1) is 0 Å². The van der Waals surface area contributed by atoms with Gasteiger partial charge in [-0.3, -0.25) is 14.6 Å². The molecule has 0 amide bonds. The zero-order chi connectivity index (χ0) is 18.3. The molecule has 6 heteroatoms. The molecular formula is C20H21N5O. The van der Waals surface area contributed by atoms with E-state index < -0.39 is 0 Å². The van der Waals surface area contributed by atoms with Crippen LogP contribution in [-0.4, -0.2) is 24.4 Å². The van der Waals surface area contributed by atoms with Gasteiger partial charge in [0.1, 0.15) is 0 Å². The summed E-state index contributed by atoms with van der Waals surface area (Å²) in [5.41, 5.74) is 5.39. The Kier molecular flexibility index (Phi) is 3.95. The average Bonchev–Trinajstić information content (AvgIpc) is 3.20. The van der Waals surface area contributed by atoms with Gasteiger partial charge in [-0.25, -0.2) is 9.50 Å². The molecule has 0 unspecified atom stereocenters. The average molecular weight is 347 g/mol. The van der Waals surface area contributed by atoms with Gasteiger partial charge in [0.05, 0.1) is 11.4 Å². The van der Waals surface area contributed by atoms with Crippen LogP contribution in [0.5, 0.6) is 0 Å². The van der Waals surface area contributed by atoms with Crippen LogP contribution in [0.3, 0.4) is 0 Å². The van der Waals surface area contributed by atoms with E-state index in [2.05, 4.69) is 17.1 Å². The third-order valence-corrected chi connectivity index (χ3v) is 4.82. The number of aryl methyl sites for hydroxylation is 2. The van der Waals surface area contributed by atoms with Gasteiger partial charge in [0.15, 0.2) is 5.65 Å². The molecule has 0 saturated heterocycles. The number of nitrogens with zero attached hydrogens (tertiary/aromatic N) is 4. The molecule has 0 aliphatic carbocycles. The van der Waals surface area contributed by atoms with Crippen LogP contribution in [0.1, 0.15) is 29.8 Å². The van der Waals surface area contributed by atoms with E-state index >= 15 is 0 Å². The number of nitrogens with one attached hydrogen (secondary N) is 1. The lowest BCUT2D eigenvalue weighted by Gasteiger charge is -2.12. The normalized spacial score (nSPS) is 12.6. The first kappa shape index (κ1) is 16.3. The first-order valence-corrected chi connectivity index (χ1v) is 8.70. The standard InChI is InChI=1S/C20H21N5O/c1-13(12-24-14(2)9-10-21-24)17-11-18(26)25-20(22-17)15(3)19(23-25)16-7-5-4-6-8-16/h4-11,13,23H,12H2,1-3H3/t13-/m0/s1. The van der Waals surface area contributed by atoms with Crippen LogP contribution in [0.4, 0.5) is 0 Å². The van der Waals surface area contributed by atoms with Crippen molar-refractivity contribution in [1.29, 1.82) is 0 Å². The number of rotatable bonds is 4. The van der Waals surface area contributed by atoms with Crippen molar-refractivity contribution in [2.45, 2.75) is 33.2 Å². The van der Waals surface area contributed by atoms with Crippen molar-refractivity contribution in [1.82, 2.24) is 24.4 Å². The zero-order valence-electron chi connectivity index (χ0n) is 15.1. The van der Waals surface area contributed by atoms with E-state index in [1.807, 2.05) is 54.9 Å². The minimum absolute atomic E-state index is 0.0841. The predicted molar refractivity (Wildman–Crippen MR) is 101 cm³/mol. The second-order valence-corrected chi connectivity index (χ2v) is 6.71. The monoisotopic (exact) mass is 347 g/mol. The fourth-order valence-corrected chi connectivity index (χ4v) is 3.25. The van der Waals surface area contributed by atoms with Gasteiger partial charge in [-0.2, -0.15) is 5.10 Å². The summed E-state index contributed by atoms with van der Waals surface area (Å²) in [5.74, 6) is 0.0841. The van der Waals surface area contributed by atoms with Crippen LogP contribution in [-0.2, 0) is 6.54 Å². The van der Waals surface area contributed by atoms with Gasteiger partial charge in [0.2, 0.25) is 0 Å². The van der Waals surface area contributed by atoms with Crippen molar-refractivity contribution in [2.75, 3.05) is 0 Å². The van der Waals surface area contributed by atoms with Crippen molar-refractivity contribution in [3.63, 3.8) is 0 Å². The summed E-state index contributed by atoms with van der Waals surface area (Å²) in [6, 6.07) is 13.6. The summed E-state index contributed by atoms with van der Waals surface area (Å²) in [7, 11) is 0. The van der Waals surface area contributed by atoms with E-state index in [-0.39, 0.29) is 11.5 Å². The summed E-state index contributed by atoms with van der Waals surface area (Å²) in [6.45, 7) is 6.77. The highest BCUT2D eigenvalue weighted by Crippen LogP contribution is 2.24. The van der Waals surface area contributed by atoms with E-state index in [4.69, 9.17) is 4.98 Å². The van der Waals surface area contributed by atoms with E-state index in [1.165, 1.54) is 4.52 Å². The van der Waals surface area contributed by atoms with Crippen LogP contribution >= 0.6 is 0 Å². The van der Waals surface area contributed by atoms with Crippen molar-refractivity contribution in [2.24, 2.45) is 0 Å². The molecule has 3 aromatic heterocycles. The first-order valence-electron chi connectivity index (χ1n) is 8.70. The van der Waals surface area contributed by atoms with Crippen LogP contribution in [0.2, 0.25) is 0 Å². The minimum Gasteiger partial charge on any atom is -0.289 e. The molecule has 132 valence electrons. The van der Waals surface area contributed by atoms with Crippen molar-refractivity contribution < 1.29 is 0 Å². The van der Waals surface area contributed by atoms with Gasteiger partial charge < -0.3 is 0 Å². The van der Waals surface area contributed by atoms with Crippen LogP contribution in [0, 0.1) is 13.8 Å². The Morgan fingerprint density at radius 2 is 1.92 bits per heavy atom. The zero-order valence-corrected chi connectivity index (χ0v) is 15.1. The summed E-state index contributed by atoms with van der Waals surface area (Å²) < 4.78 is 3.46. The Balaban J connectivity index is 1.78. The summed E-state index contributed by atoms with van der Waals surface area (Å²) in [4.78, 5) is 17.4. The van der Waals surface area contributed by atoms with Crippen molar-refractivity contribution >= 4 is 5.65 Å². The molecule has 4 aromatic rings. The maximum atomic E-state index is 12.6. The summed E-state index contributed by atoms with van der Waals surface area (Å²) in [5, 5.41) is 7.52. The quantitative estimate of drug-likeness (QED) is 0.616. The van der Waals surface area contributed by atoms with Crippen LogP contribution in [0.25, 0.3) is 16.9 Å². The smallest absolute Gasteiger partial charge is 0.272 e. The molecule has 0 bridgehead atoms. The molecule has 0 saturated carbocycles. The topological polar surface area (TPSA) is 68.0 Å². The van der Waals surface area contributed by atoms with Crippen LogP contribution < -0.4 is 5.56 Å². The second-order valence-electron chi connectivity index (χ2n) is 6.71. The third kappa shape index (κ3) is 2.73. The second kappa shape index (κ2) is 6.29. The van der Waals surface area contributed by atoms with Gasteiger partial charge in [-0.05, 0) is 25.5 Å². The highest BCUT2D eigenvalue weighted by molar-refractivity contribution is 5.70. The summed E-state index contributed by atoms with van der Waals surface area (Å²) >= 11 is 0. The molecule has 1 N–H and O–H groups in total. The van der Waals surface area contributed by atoms with E-state index in [1.54, 1.807) is 12.3 Å². The Bertz CT molecular complexity index is 1120. The van der Waals surface area contributed by atoms with Crippen molar-refractivity contribution in [3.05, 3.63) is 76.0 Å². The summed E-state index contributed by atoms with van der Waals surface area (Å²) in [6.07, 6.45) is 1.79. The lowest BCUT2D eigenvalue weighted by Crippen LogP contribution is -2.18. The molecule has 4 rings (SSSR count). The van der Waals surface area contributed by atoms with Gasteiger partial charge in [-0.1, -0.05) is 37.3 Å². The molecule has 3 heterocycles. The van der Waals surface area contributed by atoms with Gasteiger partial charge in [0.25, 0.3) is 5.56 Å². The van der Waals surface area contributed by atoms with E-state index in [0.29, 0.717) is 12.2 Å². The third-order valence-electron chi connectivity index (χ3n) is 4.82. The fourth-order valence-electron chi connectivity index (χ4n) is 3.25. The molecule has 6 nitrogen and oxygen atoms in total. The molecular weight excluding hydrogens is 326 g/mol. The number of benzene rings is 1. The maximum Gasteiger partial charge on any atom is 0.272 e. The Morgan fingerprint density at radius 1 is 1.15 bits per heavy atom. The number of hydrogen-bond donors (Lipinski definition) is 1. The number of aromatic amines is 1. The van der Waals surface area contributed by atoms with E-state index in [0.717, 1.165) is 28.2 Å². The highest BCUT2D eigenvalue weighted by Gasteiger charge is 2.16. The molecule has 26 heavy (non-hydrogen) atoms. The minimum atomic E-state index is -0.0979. The molecule has 0 spiro atoms. The number of hydrogen-bond acceptors (Lipinski definition) is 3. The fraction of sp³-hybridized carbons (Fsp3) is 0.250. The highest BCUT2D eigenvalue weighted by atomic mass is 16.1. The van der Waals surface area contributed by atoms with E-state index in [9.17, 15) is 4.79 Å². The number of fused-ring (bicyclic) bond motifs is 1. The Labute approximate surface area is 151 Å². The number of H-pyrrole nitrogens is 1. The predicted octanol–water partition coefficient (Wildman–Crippen LogP) is 3.31. The van der Waals surface area contributed by atoms with Gasteiger partial charge in [0, 0.05) is 36.0 Å². The van der Waals surface area contributed by atoms with Crippen LogP contribution in [0.15, 0.2) is 53.5 Å². The largest absolute Gasteiger partial charge is 0.289 e. The lowest BCUT2D eigenvalue weighted by atomic mass is 10.1. The Morgan fingerprint density at radius 3 is 2.62 bits per heavy atom. The molecule has 0 aliphatic rings.